The number of rotatable bonds is 58. The fourth-order valence-corrected chi connectivity index (χ4v) is 8.88. The maximum absolute atomic E-state index is 12.9. The molecule has 0 aromatic rings. The molecule has 0 fully saturated rings. The van der Waals surface area contributed by atoms with Crippen molar-refractivity contribution in [2.45, 2.75) is 297 Å². The van der Waals surface area contributed by atoms with Crippen LogP contribution < -0.4 is 0 Å². The van der Waals surface area contributed by atoms with Gasteiger partial charge in [0.15, 0.2) is 6.10 Å². The lowest BCUT2D eigenvalue weighted by molar-refractivity contribution is -0.166. The van der Waals surface area contributed by atoms with Crippen molar-refractivity contribution in [1.29, 1.82) is 0 Å². The molecule has 0 saturated carbocycles. The van der Waals surface area contributed by atoms with Gasteiger partial charge in [0, 0.05) is 19.3 Å². The highest BCUT2D eigenvalue weighted by molar-refractivity contribution is 5.71. The molecule has 0 saturated heterocycles. The van der Waals surface area contributed by atoms with Gasteiger partial charge in [-0.25, -0.2) is 0 Å². The summed E-state index contributed by atoms with van der Waals surface area (Å²) in [5.74, 6) is -1.01. The van der Waals surface area contributed by atoms with E-state index in [1.807, 2.05) is 6.08 Å². The van der Waals surface area contributed by atoms with Gasteiger partial charge in [-0.1, -0.05) is 289 Å². The van der Waals surface area contributed by atoms with Crippen LogP contribution in [0, 0.1) is 0 Å². The van der Waals surface area contributed by atoms with Crippen molar-refractivity contribution in [3.63, 3.8) is 0 Å². The topological polar surface area (TPSA) is 78.9 Å². The van der Waals surface area contributed by atoms with Gasteiger partial charge in [0.05, 0.1) is 0 Å². The van der Waals surface area contributed by atoms with E-state index in [9.17, 15) is 14.4 Å². The summed E-state index contributed by atoms with van der Waals surface area (Å²) in [7, 11) is 0. The first-order chi connectivity index (χ1) is 39.0. The second kappa shape index (κ2) is 66.1. The van der Waals surface area contributed by atoms with E-state index in [1.54, 1.807) is 0 Å². The van der Waals surface area contributed by atoms with Crippen LogP contribution in [0.15, 0.2) is 134 Å². The van der Waals surface area contributed by atoms with Crippen LogP contribution in [-0.2, 0) is 28.6 Å². The summed E-state index contributed by atoms with van der Waals surface area (Å²) in [6.45, 7) is 6.23. The average Bonchev–Trinajstić information content (AvgIpc) is 3.45. The molecule has 0 rings (SSSR count). The quantitative estimate of drug-likeness (QED) is 0.0261. The summed E-state index contributed by atoms with van der Waals surface area (Å²) >= 11 is 0. The molecule has 0 aromatic heterocycles. The van der Waals surface area contributed by atoms with E-state index in [4.69, 9.17) is 14.2 Å². The van der Waals surface area contributed by atoms with E-state index in [0.29, 0.717) is 19.3 Å². The van der Waals surface area contributed by atoms with Crippen molar-refractivity contribution in [3.05, 3.63) is 134 Å². The van der Waals surface area contributed by atoms with Crippen molar-refractivity contribution in [2.24, 2.45) is 0 Å². The van der Waals surface area contributed by atoms with E-state index in [0.717, 1.165) is 128 Å². The second-order valence-electron chi connectivity index (χ2n) is 21.2. The number of hydrogen-bond donors (Lipinski definition) is 0. The first kappa shape index (κ1) is 74.5. The number of allylic oxidation sites excluding steroid dienone is 22. The van der Waals surface area contributed by atoms with Crippen LogP contribution in [0.1, 0.15) is 290 Å². The van der Waals surface area contributed by atoms with Gasteiger partial charge in [0.1, 0.15) is 13.2 Å². The molecule has 1 unspecified atom stereocenters. The van der Waals surface area contributed by atoms with Gasteiger partial charge in [-0.3, -0.25) is 14.4 Å². The maximum Gasteiger partial charge on any atom is 0.306 e. The minimum Gasteiger partial charge on any atom is -0.462 e. The van der Waals surface area contributed by atoms with Gasteiger partial charge in [-0.05, 0) is 116 Å². The number of hydrogen-bond acceptors (Lipinski definition) is 6. The Hall–Kier alpha value is -4.45. The zero-order valence-corrected chi connectivity index (χ0v) is 51.3. The van der Waals surface area contributed by atoms with Crippen molar-refractivity contribution in [3.8, 4) is 0 Å². The Labute approximate surface area is 487 Å². The fraction of sp³-hybridized carbons (Fsp3) is 0.658. The fourth-order valence-electron chi connectivity index (χ4n) is 8.88. The lowest BCUT2D eigenvalue weighted by Crippen LogP contribution is -2.30. The summed E-state index contributed by atoms with van der Waals surface area (Å²) in [5, 5.41) is 0. The zero-order chi connectivity index (χ0) is 57.1. The molecule has 0 heterocycles. The highest BCUT2D eigenvalue weighted by Crippen LogP contribution is 2.17. The maximum atomic E-state index is 12.9. The summed E-state index contributed by atoms with van der Waals surface area (Å²) in [6, 6.07) is 0. The summed E-state index contributed by atoms with van der Waals surface area (Å²) < 4.78 is 16.8. The third-order valence-corrected chi connectivity index (χ3v) is 13.6. The Morgan fingerprint density at radius 3 is 0.785 bits per heavy atom. The lowest BCUT2D eigenvalue weighted by atomic mass is 10.0. The molecule has 79 heavy (non-hydrogen) atoms. The smallest absolute Gasteiger partial charge is 0.306 e. The standard InChI is InChI=1S/C73H120O6/c1-4-7-10-13-16-19-22-25-27-28-29-30-31-32-33-34-35-36-37-38-39-40-41-42-43-44-46-48-51-54-57-60-63-66-72(75)78-69-70(68-77-71(74)65-62-59-56-53-50-47-24-21-18-15-12-9-6-3)79-73(76)67-64-61-58-55-52-49-45-26-23-20-17-14-11-8-5-2/h7-12,16-21,25-27,29-30,45,47,50,56,59,70H,4-6,13-15,22-24,28,31-44,46,48-49,51-55,57-58,60-69H2,1-3H3/b10-7-,11-8-,12-9-,19-16-,20-17-,21-18-,27-25-,30-29-,45-26-,50-47-,59-56-. The molecule has 0 aliphatic rings. The third-order valence-electron chi connectivity index (χ3n) is 13.6. The largest absolute Gasteiger partial charge is 0.462 e. The lowest BCUT2D eigenvalue weighted by Gasteiger charge is -2.18. The normalized spacial score (nSPS) is 13.0. The van der Waals surface area contributed by atoms with E-state index >= 15 is 0 Å². The van der Waals surface area contributed by atoms with Crippen LogP contribution in [-0.4, -0.2) is 37.2 Å². The molecule has 0 bridgehead atoms. The molecule has 0 amide bonds. The van der Waals surface area contributed by atoms with E-state index in [-0.39, 0.29) is 37.5 Å². The molecule has 0 aliphatic carbocycles. The highest BCUT2D eigenvalue weighted by atomic mass is 16.6. The zero-order valence-electron chi connectivity index (χ0n) is 51.3. The molecule has 0 spiro atoms. The van der Waals surface area contributed by atoms with Crippen LogP contribution in [0.3, 0.4) is 0 Å². The minimum absolute atomic E-state index is 0.108. The number of carbonyl (C=O) groups is 3. The van der Waals surface area contributed by atoms with Crippen LogP contribution in [0.2, 0.25) is 0 Å². The molecular formula is C73H120O6. The Bertz CT molecular complexity index is 1680. The van der Waals surface area contributed by atoms with Gasteiger partial charge >= 0.3 is 17.9 Å². The third kappa shape index (κ3) is 64.3. The van der Waals surface area contributed by atoms with E-state index in [1.165, 1.54) is 116 Å². The molecule has 0 aliphatic heterocycles. The molecular weight excluding hydrogens is 973 g/mol. The van der Waals surface area contributed by atoms with Crippen molar-refractivity contribution >= 4 is 17.9 Å². The van der Waals surface area contributed by atoms with Crippen molar-refractivity contribution < 1.29 is 28.6 Å². The van der Waals surface area contributed by atoms with Gasteiger partial charge in [0.2, 0.25) is 0 Å². The molecule has 0 aromatic carbocycles. The highest BCUT2D eigenvalue weighted by Gasteiger charge is 2.19. The second-order valence-corrected chi connectivity index (χ2v) is 21.2. The first-order valence-electron chi connectivity index (χ1n) is 32.7. The van der Waals surface area contributed by atoms with Gasteiger partial charge in [-0.2, -0.15) is 0 Å². The van der Waals surface area contributed by atoms with Crippen LogP contribution in [0.25, 0.3) is 0 Å². The van der Waals surface area contributed by atoms with Crippen LogP contribution >= 0.6 is 0 Å². The van der Waals surface area contributed by atoms with E-state index in [2.05, 4.69) is 148 Å². The SMILES string of the molecule is CC/C=C\C/C=C\C/C=C\C/C=C\CCCCCCCCCCCCCCCCCCCCCCC(=O)OCC(COC(=O)CC/C=C\C/C=C\C/C=C\C/C=C\CC)OC(=O)CCCCCCC/C=C\C/C=C\C/C=C\CC. The summed E-state index contributed by atoms with van der Waals surface area (Å²) in [5.41, 5.74) is 0. The van der Waals surface area contributed by atoms with Gasteiger partial charge in [0.25, 0.3) is 0 Å². The van der Waals surface area contributed by atoms with Gasteiger partial charge in [-0.15, -0.1) is 0 Å². The molecule has 0 radical (unpaired) electrons. The molecule has 6 heteroatoms. The van der Waals surface area contributed by atoms with Gasteiger partial charge < -0.3 is 14.2 Å². The summed E-state index contributed by atoms with van der Waals surface area (Å²) in [6.07, 6.45) is 93.6. The predicted octanol–water partition coefficient (Wildman–Crippen LogP) is 22.5. The number of unbranched alkanes of at least 4 members (excludes halogenated alkanes) is 25. The monoisotopic (exact) mass is 1090 g/mol. The Balaban J connectivity index is 4.19. The van der Waals surface area contributed by atoms with Crippen molar-refractivity contribution in [1.82, 2.24) is 0 Å². The number of esters is 3. The average molecular weight is 1090 g/mol. The molecule has 6 nitrogen and oxygen atoms in total. The van der Waals surface area contributed by atoms with E-state index < -0.39 is 6.10 Å². The summed E-state index contributed by atoms with van der Waals surface area (Å²) in [4.78, 5) is 38.2. The Morgan fingerprint density at radius 2 is 0.481 bits per heavy atom. The molecule has 0 N–H and O–H groups in total. The number of ether oxygens (including phenoxy) is 3. The Morgan fingerprint density at radius 1 is 0.253 bits per heavy atom. The predicted molar refractivity (Wildman–Crippen MR) is 343 cm³/mol. The Kier molecular flexibility index (Phi) is 62.3. The van der Waals surface area contributed by atoms with Crippen molar-refractivity contribution in [2.75, 3.05) is 13.2 Å². The molecule has 1 atom stereocenters. The van der Waals surface area contributed by atoms with Crippen LogP contribution in [0.4, 0.5) is 0 Å². The molecule has 448 valence electrons. The van der Waals surface area contributed by atoms with Crippen LogP contribution in [0.5, 0.6) is 0 Å². The minimum atomic E-state index is -0.819. The number of carbonyl (C=O) groups excluding carboxylic acids is 3. The first-order valence-corrected chi connectivity index (χ1v) is 32.7.